The molecule has 2 aliphatic rings. The molecule has 1 saturated carbocycles. The van der Waals surface area contributed by atoms with Gasteiger partial charge in [-0.3, -0.25) is 9.69 Å². The Morgan fingerprint density at radius 1 is 1.16 bits per heavy atom. The number of ether oxygens (including phenoxy) is 1. The molecule has 2 fully saturated rings. The molecule has 19 heavy (non-hydrogen) atoms. The van der Waals surface area contributed by atoms with Crippen molar-refractivity contribution in [1.82, 2.24) is 9.80 Å². The quantitative estimate of drug-likeness (QED) is 0.783. The molecule has 1 amide bonds. The Morgan fingerprint density at radius 3 is 2.32 bits per heavy atom. The number of rotatable bonds is 3. The summed E-state index contributed by atoms with van der Waals surface area (Å²) in [6, 6.07) is 0.605. The van der Waals surface area contributed by atoms with Crippen molar-refractivity contribution >= 4 is 5.91 Å². The minimum absolute atomic E-state index is 0.160. The fourth-order valence-electron chi connectivity index (χ4n) is 3.35. The van der Waals surface area contributed by atoms with Crippen molar-refractivity contribution in [3.63, 3.8) is 0 Å². The van der Waals surface area contributed by atoms with Gasteiger partial charge in [0.25, 0.3) is 0 Å². The van der Waals surface area contributed by atoms with Crippen LogP contribution in [0, 0.1) is 0 Å². The van der Waals surface area contributed by atoms with Crippen molar-refractivity contribution < 1.29 is 9.53 Å². The first-order valence-corrected chi connectivity index (χ1v) is 7.69. The zero-order chi connectivity index (χ0) is 13.8. The molecule has 0 N–H and O–H groups in total. The summed E-state index contributed by atoms with van der Waals surface area (Å²) < 4.78 is 5.68. The Labute approximate surface area is 117 Å². The third kappa shape index (κ3) is 4.18. The zero-order valence-corrected chi connectivity index (χ0v) is 12.6. The molecule has 4 heteroatoms. The molecule has 1 heterocycles. The van der Waals surface area contributed by atoms with E-state index in [9.17, 15) is 4.79 Å². The molecule has 0 spiro atoms. The molecule has 0 aromatic carbocycles. The maximum absolute atomic E-state index is 12.4. The van der Waals surface area contributed by atoms with Crippen molar-refractivity contribution in [2.75, 3.05) is 26.7 Å². The van der Waals surface area contributed by atoms with E-state index in [1.54, 1.807) is 0 Å². The Kier molecular flexibility index (Phi) is 5.22. The first kappa shape index (κ1) is 14.8. The van der Waals surface area contributed by atoms with Crippen LogP contribution in [0.25, 0.3) is 0 Å². The molecule has 0 bridgehead atoms. The van der Waals surface area contributed by atoms with Gasteiger partial charge in [-0.25, -0.2) is 0 Å². The van der Waals surface area contributed by atoms with E-state index in [1.807, 2.05) is 18.7 Å². The van der Waals surface area contributed by atoms with E-state index >= 15 is 0 Å². The molecule has 4 nitrogen and oxygen atoms in total. The van der Waals surface area contributed by atoms with Gasteiger partial charge < -0.3 is 9.64 Å². The number of morpholine rings is 1. The van der Waals surface area contributed by atoms with Gasteiger partial charge in [0.2, 0.25) is 5.91 Å². The van der Waals surface area contributed by atoms with Crippen molar-refractivity contribution in [3.8, 4) is 0 Å². The van der Waals surface area contributed by atoms with Crippen LogP contribution < -0.4 is 0 Å². The van der Waals surface area contributed by atoms with Crippen LogP contribution >= 0.6 is 0 Å². The average Bonchev–Trinajstić information content (AvgIpc) is 2.38. The summed E-state index contributed by atoms with van der Waals surface area (Å²) in [5.74, 6) is 0.259. The normalized spacial score (nSPS) is 29.8. The summed E-state index contributed by atoms with van der Waals surface area (Å²) in [5.41, 5.74) is 0. The largest absolute Gasteiger partial charge is 0.372 e. The van der Waals surface area contributed by atoms with Crippen LogP contribution in [-0.2, 0) is 9.53 Å². The second kappa shape index (κ2) is 6.71. The minimum Gasteiger partial charge on any atom is -0.372 e. The van der Waals surface area contributed by atoms with Crippen molar-refractivity contribution in [1.29, 1.82) is 0 Å². The lowest BCUT2D eigenvalue weighted by atomic mass is 9.94. The molecule has 2 rings (SSSR count). The fourth-order valence-corrected chi connectivity index (χ4v) is 3.35. The first-order valence-electron chi connectivity index (χ1n) is 7.69. The molecular weight excluding hydrogens is 240 g/mol. The van der Waals surface area contributed by atoms with Gasteiger partial charge >= 0.3 is 0 Å². The third-order valence-corrected chi connectivity index (χ3v) is 4.36. The number of likely N-dealkylation sites (N-methyl/N-ethyl adjacent to an activating group) is 1. The molecule has 0 aromatic rings. The van der Waals surface area contributed by atoms with Crippen LogP contribution in [-0.4, -0.2) is 60.6 Å². The molecule has 0 aromatic heterocycles. The highest BCUT2D eigenvalue weighted by atomic mass is 16.5. The Morgan fingerprint density at radius 2 is 1.74 bits per heavy atom. The van der Waals surface area contributed by atoms with E-state index in [1.165, 1.54) is 32.1 Å². The maximum atomic E-state index is 12.4. The minimum atomic E-state index is 0.160. The van der Waals surface area contributed by atoms with E-state index in [-0.39, 0.29) is 18.1 Å². The van der Waals surface area contributed by atoms with Crippen molar-refractivity contribution in [2.24, 2.45) is 0 Å². The SMILES string of the molecule is CC1CN(C(=O)CN(C)C2CCCCC2)CC(C)O1. The van der Waals surface area contributed by atoms with Gasteiger partial charge in [-0.2, -0.15) is 0 Å². The van der Waals surface area contributed by atoms with Crippen LogP contribution in [0.1, 0.15) is 46.0 Å². The van der Waals surface area contributed by atoms with Crippen LogP contribution in [0.3, 0.4) is 0 Å². The predicted molar refractivity (Wildman–Crippen MR) is 76.1 cm³/mol. The summed E-state index contributed by atoms with van der Waals surface area (Å²) in [6.07, 6.45) is 6.81. The number of hydrogen-bond acceptors (Lipinski definition) is 3. The molecule has 110 valence electrons. The van der Waals surface area contributed by atoms with Crippen LogP contribution in [0.2, 0.25) is 0 Å². The number of carbonyl (C=O) groups excluding carboxylic acids is 1. The molecule has 2 atom stereocenters. The van der Waals surface area contributed by atoms with E-state index in [4.69, 9.17) is 4.74 Å². The Hall–Kier alpha value is -0.610. The summed E-state index contributed by atoms with van der Waals surface area (Å²) in [6.45, 7) is 6.12. The third-order valence-electron chi connectivity index (χ3n) is 4.36. The molecule has 1 aliphatic heterocycles. The second-order valence-electron chi connectivity index (χ2n) is 6.26. The van der Waals surface area contributed by atoms with Gasteiger partial charge in [-0.05, 0) is 33.7 Å². The van der Waals surface area contributed by atoms with Gasteiger partial charge in [-0.15, -0.1) is 0 Å². The molecule has 2 unspecified atom stereocenters. The Bertz CT molecular complexity index is 293. The first-order chi connectivity index (χ1) is 9.06. The topological polar surface area (TPSA) is 32.8 Å². The lowest BCUT2D eigenvalue weighted by Crippen LogP contribution is -2.51. The van der Waals surface area contributed by atoms with Crippen LogP contribution in [0.15, 0.2) is 0 Å². The average molecular weight is 268 g/mol. The van der Waals surface area contributed by atoms with Crippen molar-refractivity contribution in [2.45, 2.75) is 64.2 Å². The smallest absolute Gasteiger partial charge is 0.236 e. The fraction of sp³-hybridized carbons (Fsp3) is 0.933. The van der Waals surface area contributed by atoms with E-state index in [0.717, 1.165) is 13.1 Å². The standard InChI is InChI=1S/C15H28N2O2/c1-12-9-17(10-13(2)19-12)15(18)11-16(3)14-7-5-4-6-8-14/h12-14H,4-11H2,1-3H3. The molecule has 0 radical (unpaired) electrons. The van der Waals surface area contributed by atoms with Crippen LogP contribution in [0.5, 0.6) is 0 Å². The summed E-state index contributed by atoms with van der Waals surface area (Å²) in [7, 11) is 2.10. The predicted octanol–water partition coefficient (Wildman–Crippen LogP) is 1.89. The highest BCUT2D eigenvalue weighted by molar-refractivity contribution is 5.78. The molecular formula is C15H28N2O2. The molecule has 1 aliphatic carbocycles. The van der Waals surface area contributed by atoms with Crippen molar-refractivity contribution in [3.05, 3.63) is 0 Å². The van der Waals surface area contributed by atoms with Gasteiger partial charge in [0.05, 0.1) is 18.8 Å². The van der Waals surface area contributed by atoms with E-state index in [0.29, 0.717) is 12.6 Å². The zero-order valence-electron chi connectivity index (χ0n) is 12.6. The number of nitrogens with zero attached hydrogens (tertiary/aromatic N) is 2. The van der Waals surface area contributed by atoms with Gasteiger partial charge in [-0.1, -0.05) is 19.3 Å². The number of carbonyl (C=O) groups is 1. The lowest BCUT2D eigenvalue weighted by Gasteiger charge is -2.37. The highest BCUT2D eigenvalue weighted by Gasteiger charge is 2.27. The lowest BCUT2D eigenvalue weighted by molar-refractivity contribution is -0.144. The van der Waals surface area contributed by atoms with Gasteiger partial charge in [0.15, 0.2) is 0 Å². The summed E-state index contributed by atoms with van der Waals surface area (Å²) >= 11 is 0. The Balaban J connectivity index is 1.82. The number of amides is 1. The van der Waals surface area contributed by atoms with Crippen LogP contribution in [0.4, 0.5) is 0 Å². The highest BCUT2D eigenvalue weighted by Crippen LogP contribution is 2.21. The monoisotopic (exact) mass is 268 g/mol. The molecule has 1 saturated heterocycles. The van der Waals surface area contributed by atoms with E-state index < -0.39 is 0 Å². The number of hydrogen-bond donors (Lipinski definition) is 0. The van der Waals surface area contributed by atoms with E-state index in [2.05, 4.69) is 11.9 Å². The maximum Gasteiger partial charge on any atom is 0.236 e. The summed E-state index contributed by atoms with van der Waals surface area (Å²) in [4.78, 5) is 16.6. The van der Waals surface area contributed by atoms with Gasteiger partial charge in [0, 0.05) is 19.1 Å². The second-order valence-corrected chi connectivity index (χ2v) is 6.26. The summed E-state index contributed by atoms with van der Waals surface area (Å²) in [5, 5.41) is 0. The van der Waals surface area contributed by atoms with Gasteiger partial charge in [0.1, 0.15) is 0 Å².